The minimum atomic E-state index is -0.194. The molecule has 0 saturated carbocycles. The van der Waals surface area contributed by atoms with Gasteiger partial charge in [-0.2, -0.15) is 0 Å². The van der Waals surface area contributed by atoms with E-state index in [9.17, 15) is 4.39 Å². The van der Waals surface area contributed by atoms with Crippen LogP contribution in [0.2, 0.25) is 0 Å². The number of halogens is 1. The Hall–Kier alpha value is -1.54. The van der Waals surface area contributed by atoms with E-state index >= 15 is 0 Å². The molecule has 0 radical (unpaired) electrons. The molecule has 2 heteroatoms. The molecule has 2 rings (SSSR count). The van der Waals surface area contributed by atoms with E-state index in [1.165, 1.54) is 30.0 Å². The highest BCUT2D eigenvalue weighted by Gasteiger charge is 2.07. The molecule has 1 unspecified atom stereocenters. The molecular formula is C21H25FS. The van der Waals surface area contributed by atoms with E-state index in [0.29, 0.717) is 5.92 Å². The zero-order valence-electron chi connectivity index (χ0n) is 14.2. The first-order chi connectivity index (χ1) is 11.0. The van der Waals surface area contributed by atoms with Gasteiger partial charge in [0, 0.05) is 11.3 Å². The Balaban J connectivity index is 1.99. The van der Waals surface area contributed by atoms with Gasteiger partial charge in [0.15, 0.2) is 0 Å². The third-order valence-corrected chi connectivity index (χ3v) is 5.17. The van der Waals surface area contributed by atoms with E-state index in [1.807, 2.05) is 13.0 Å². The van der Waals surface area contributed by atoms with Gasteiger partial charge in [-0.05, 0) is 53.0 Å². The molecule has 0 nitrogen and oxygen atoms in total. The van der Waals surface area contributed by atoms with Crippen LogP contribution in [0.5, 0.6) is 0 Å². The maximum Gasteiger partial charge on any atom is 0.124 e. The Labute approximate surface area is 143 Å². The summed E-state index contributed by atoms with van der Waals surface area (Å²) in [6.07, 6.45) is 3.24. The smallest absolute Gasteiger partial charge is 0.124 e. The highest BCUT2D eigenvalue weighted by Crippen LogP contribution is 2.31. The summed E-state index contributed by atoms with van der Waals surface area (Å²) >= 11 is 1.56. The van der Waals surface area contributed by atoms with Crippen LogP contribution in [0.25, 0.3) is 0 Å². The molecule has 2 aromatic carbocycles. The molecule has 0 amide bonds. The first-order valence-corrected chi connectivity index (χ1v) is 9.02. The maximum absolute atomic E-state index is 13.4. The van der Waals surface area contributed by atoms with Crippen molar-refractivity contribution in [3.05, 3.63) is 76.5 Å². The fraction of sp³-hybridized carbons (Fsp3) is 0.333. The van der Waals surface area contributed by atoms with E-state index in [2.05, 4.69) is 44.7 Å². The lowest BCUT2D eigenvalue weighted by Crippen LogP contribution is -1.94. The summed E-state index contributed by atoms with van der Waals surface area (Å²) in [5, 5.41) is 0. The van der Waals surface area contributed by atoms with Crippen LogP contribution in [-0.4, -0.2) is 0 Å². The fourth-order valence-corrected chi connectivity index (χ4v) is 3.62. The molecule has 0 spiro atoms. The second-order valence-corrected chi connectivity index (χ2v) is 7.38. The van der Waals surface area contributed by atoms with Crippen LogP contribution in [-0.2, 0) is 6.42 Å². The number of aryl methyl sites for hydroxylation is 1. The second-order valence-electron chi connectivity index (χ2n) is 6.16. The number of benzene rings is 2. The molecule has 0 aromatic heterocycles. The normalized spacial score (nSPS) is 12.2. The number of hydrogen-bond donors (Lipinski definition) is 0. The molecule has 23 heavy (non-hydrogen) atoms. The van der Waals surface area contributed by atoms with Gasteiger partial charge in [0.05, 0.1) is 0 Å². The fourth-order valence-electron chi connectivity index (χ4n) is 2.67. The summed E-state index contributed by atoms with van der Waals surface area (Å²) in [4.78, 5) is 1.98. The van der Waals surface area contributed by atoms with Crippen molar-refractivity contribution in [2.24, 2.45) is 0 Å². The molecule has 2 aromatic rings. The zero-order chi connectivity index (χ0) is 16.8. The van der Waals surface area contributed by atoms with Crippen molar-refractivity contribution in [1.82, 2.24) is 0 Å². The summed E-state index contributed by atoms with van der Waals surface area (Å²) in [6.45, 7) is 10.6. The molecule has 0 aliphatic rings. The quantitative estimate of drug-likeness (QED) is 0.499. The van der Waals surface area contributed by atoms with Crippen LogP contribution >= 0.6 is 11.8 Å². The zero-order valence-corrected chi connectivity index (χ0v) is 15.0. The Morgan fingerprint density at radius 1 is 1.17 bits per heavy atom. The van der Waals surface area contributed by atoms with Crippen molar-refractivity contribution >= 4 is 11.8 Å². The summed E-state index contributed by atoms with van der Waals surface area (Å²) in [6, 6.07) is 13.7. The first kappa shape index (κ1) is 17.8. The van der Waals surface area contributed by atoms with Gasteiger partial charge in [-0.25, -0.2) is 4.39 Å². The lowest BCUT2D eigenvalue weighted by Gasteiger charge is -2.12. The number of thioether (sulfide) groups is 1. The van der Waals surface area contributed by atoms with Crippen molar-refractivity contribution in [1.29, 1.82) is 0 Å². The van der Waals surface area contributed by atoms with Crippen LogP contribution in [0.4, 0.5) is 4.39 Å². The van der Waals surface area contributed by atoms with Gasteiger partial charge in [0.1, 0.15) is 5.82 Å². The van der Waals surface area contributed by atoms with Gasteiger partial charge in [0.25, 0.3) is 0 Å². The van der Waals surface area contributed by atoms with E-state index in [1.54, 1.807) is 17.8 Å². The molecule has 0 saturated heterocycles. The lowest BCUT2D eigenvalue weighted by molar-refractivity contribution is 0.623. The molecule has 0 bridgehead atoms. The summed E-state index contributed by atoms with van der Waals surface area (Å²) in [5.41, 5.74) is 3.74. The van der Waals surface area contributed by atoms with Gasteiger partial charge in [0.2, 0.25) is 0 Å². The van der Waals surface area contributed by atoms with Gasteiger partial charge in [-0.15, -0.1) is 0 Å². The van der Waals surface area contributed by atoms with E-state index < -0.39 is 0 Å². The van der Waals surface area contributed by atoms with E-state index in [4.69, 9.17) is 0 Å². The molecule has 0 fully saturated rings. The van der Waals surface area contributed by atoms with Gasteiger partial charge >= 0.3 is 0 Å². The molecule has 0 aliphatic heterocycles. The highest BCUT2D eigenvalue weighted by molar-refractivity contribution is 8.03. The van der Waals surface area contributed by atoms with Crippen molar-refractivity contribution in [2.45, 2.75) is 50.8 Å². The van der Waals surface area contributed by atoms with Gasteiger partial charge in [-0.3, -0.25) is 0 Å². The summed E-state index contributed by atoms with van der Waals surface area (Å²) in [5.74, 6) is 0.418. The van der Waals surface area contributed by atoms with E-state index in [-0.39, 0.29) is 5.82 Å². The molecule has 1 atom stereocenters. The topological polar surface area (TPSA) is 0 Å². The van der Waals surface area contributed by atoms with Crippen LogP contribution < -0.4 is 0 Å². The van der Waals surface area contributed by atoms with Gasteiger partial charge in [-0.1, -0.05) is 68.9 Å². The minimum Gasteiger partial charge on any atom is -0.207 e. The van der Waals surface area contributed by atoms with Crippen LogP contribution in [0, 0.1) is 12.7 Å². The highest BCUT2D eigenvalue weighted by atomic mass is 32.2. The molecule has 0 N–H and O–H groups in total. The van der Waals surface area contributed by atoms with Crippen molar-refractivity contribution in [3.8, 4) is 0 Å². The Bertz CT molecular complexity index is 658. The van der Waals surface area contributed by atoms with Crippen molar-refractivity contribution < 1.29 is 4.39 Å². The summed E-state index contributed by atoms with van der Waals surface area (Å²) < 4.78 is 13.4. The first-order valence-electron chi connectivity index (χ1n) is 8.20. The predicted molar refractivity (Wildman–Crippen MR) is 99.6 cm³/mol. The third kappa shape index (κ3) is 5.24. The van der Waals surface area contributed by atoms with Crippen molar-refractivity contribution in [3.63, 3.8) is 0 Å². The van der Waals surface area contributed by atoms with Crippen molar-refractivity contribution in [2.75, 3.05) is 0 Å². The largest absolute Gasteiger partial charge is 0.207 e. The predicted octanol–water partition coefficient (Wildman–Crippen LogP) is 6.89. The molecule has 0 aliphatic carbocycles. The van der Waals surface area contributed by atoms with Gasteiger partial charge < -0.3 is 0 Å². The third-order valence-electron chi connectivity index (χ3n) is 4.08. The number of rotatable bonds is 7. The molecule has 122 valence electrons. The summed E-state index contributed by atoms with van der Waals surface area (Å²) in [7, 11) is 0. The second kappa shape index (κ2) is 8.35. The Kier molecular flexibility index (Phi) is 6.47. The van der Waals surface area contributed by atoms with E-state index in [0.717, 1.165) is 21.8 Å². The lowest BCUT2D eigenvalue weighted by atomic mass is 9.95. The molecular weight excluding hydrogens is 303 g/mol. The van der Waals surface area contributed by atoms with Crippen LogP contribution in [0.3, 0.4) is 0 Å². The van der Waals surface area contributed by atoms with Crippen LogP contribution in [0.1, 0.15) is 49.3 Å². The SMILES string of the molecule is C=C(Cc1ccc(C(C)CCC)cc1)Sc1cc(F)ccc1C. The average molecular weight is 328 g/mol. The standard InChI is InChI=1S/C21H25FS/c1-5-6-15(2)19-10-8-18(9-11-19)13-17(4)23-21-14-20(22)12-7-16(21)3/h7-12,14-15H,4-6,13H2,1-3H3. The Morgan fingerprint density at radius 3 is 2.52 bits per heavy atom. The monoisotopic (exact) mass is 328 g/mol. The molecule has 0 heterocycles. The maximum atomic E-state index is 13.4. The van der Waals surface area contributed by atoms with Crippen LogP contribution in [0.15, 0.2) is 58.8 Å². The minimum absolute atomic E-state index is 0.194. The average Bonchev–Trinajstić information content (AvgIpc) is 2.52. The Morgan fingerprint density at radius 2 is 1.87 bits per heavy atom. The number of allylic oxidation sites excluding steroid dienone is 1. The number of hydrogen-bond acceptors (Lipinski definition) is 1.